The largest absolute Gasteiger partial charge is 0.490 e. The van der Waals surface area contributed by atoms with Gasteiger partial charge in [0.25, 0.3) is 0 Å². The van der Waals surface area contributed by atoms with E-state index in [-0.39, 0.29) is 29.9 Å². The molecule has 0 atom stereocenters. The first-order valence-electron chi connectivity index (χ1n) is 11.7. The number of ether oxygens (including phenoxy) is 1. The van der Waals surface area contributed by atoms with E-state index in [1.165, 1.54) is 6.07 Å². The van der Waals surface area contributed by atoms with Crippen LogP contribution in [0.25, 0.3) is 0 Å². The number of alkyl halides is 3. The third-order valence-electron chi connectivity index (χ3n) is 6.73. The molecule has 1 aromatic heterocycles. The van der Waals surface area contributed by atoms with Crippen LogP contribution in [0.3, 0.4) is 0 Å². The second kappa shape index (κ2) is 11.0. The van der Waals surface area contributed by atoms with Gasteiger partial charge in [0.1, 0.15) is 11.9 Å². The van der Waals surface area contributed by atoms with Crippen molar-refractivity contribution in [3.8, 4) is 5.75 Å². The van der Waals surface area contributed by atoms with Gasteiger partial charge in [0.2, 0.25) is 5.91 Å². The molecule has 5 nitrogen and oxygen atoms in total. The summed E-state index contributed by atoms with van der Waals surface area (Å²) in [6, 6.07) is 8.06. The monoisotopic (exact) mass is 495 g/mol. The average Bonchev–Trinajstić information content (AvgIpc) is 2.84. The standard InChI is InChI=1S/C25H29ClF3N3O2/c26-23-3-1-18(17-22(23)25(27,28)29)2-4-24(33)32-13-7-19(8-14-32)31-15-9-21(10-16-31)34-20-5-11-30-12-6-20/h1,3,5-6,11-12,17,19,21H,2,4,7-10,13-16H2. The molecule has 0 radical (unpaired) electrons. The fraction of sp³-hybridized carbons (Fsp3) is 0.520. The molecule has 0 bridgehead atoms. The van der Waals surface area contributed by atoms with E-state index in [1.807, 2.05) is 17.0 Å². The highest BCUT2D eigenvalue weighted by molar-refractivity contribution is 6.31. The van der Waals surface area contributed by atoms with Crippen molar-refractivity contribution >= 4 is 17.5 Å². The van der Waals surface area contributed by atoms with E-state index >= 15 is 0 Å². The number of nitrogens with zero attached hydrogens (tertiary/aromatic N) is 3. The number of carbonyl (C=O) groups excluding carboxylic acids is 1. The van der Waals surface area contributed by atoms with Crippen molar-refractivity contribution < 1.29 is 22.7 Å². The van der Waals surface area contributed by atoms with Crippen LogP contribution in [0.2, 0.25) is 5.02 Å². The Morgan fingerprint density at radius 1 is 1.03 bits per heavy atom. The molecule has 3 heterocycles. The zero-order valence-corrected chi connectivity index (χ0v) is 19.7. The highest BCUT2D eigenvalue weighted by Gasteiger charge is 2.33. The molecule has 0 unspecified atom stereocenters. The van der Waals surface area contributed by atoms with Crippen LogP contribution in [0.1, 0.15) is 43.2 Å². The van der Waals surface area contributed by atoms with E-state index in [4.69, 9.17) is 16.3 Å². The van der Waals surface area contributed by atoms with E-state index in [9.17, 15) is 18.0 Å². The van der Waals surface area contributed by atoms with Crippen molar-refractivity contribution in [1.29, 1.82) is 0 Å². The Kier molecular flexibility index (Phi) is 7.99. The fourth-order valence-electron chi connectivity index (χ4n) is 4.80. The Hall–Kier alpha value is -2.32. The number of hydrogen-bond donors (Lipinski definition) is 0. The van der Waals surface area contributed by atoms with Gasteiger partial charge in [-0.2, -0.15) is 13.2 Å². The minimum absolute atomic E-state index is 0.00795. The summed E-state index contributed by atoms with van der Waals surface area (Å²) in [6.45, 7) is 3.33. The van der Waals surface area contributed by atoms with E-state index in [0.29, 0.717) is 24.7 Å². The number of piperidine rings is 2. The SMILES string of the molecule is O=C(CCc1ccc(Cl)c(C(F)(F)F)c1)N1CCC(N2CCC(Oc3ccncc3)CC2)CC1. The van der Waals surface area contributed by atoms with Crippen LogP contribution in [0, 0.1) is 0 Å². The predicted molar refractivity (Wildman–Crippen MR) is 124 cm³/mol. The van der Waals surface area contributed by atoms with Gasteiger partial charge in [0.15, 0.2) is 0 Å². The first-order valence-corrected chi connectivity index (χ1v) is 12.1. The number of likely N-dealkylation sites (tertiary alicyclic amines) is 2. The number of aryl methyl sites for hydroxylation is 1. The third kappa shape index (κ3) is 6.42. The lowest BCUT2D eigenvalue weighted by Gasteiger charge is -2.41. The first-order chi connectivity index (χ1) is 16.3. The summed E-state index contributed by atoms with van der Waals surface area (Å²) in [6.07, 6.45) is 3.42. The van der Waals surface area contributed by atoms with Crippen molar-refractivity contribution in [1.82, 2.24) is 14.8 Å². The molecule has 184 valence electrons. The summed E-state index contributed by atoms with van der Waals surface area (Å²) < 4.78 is 45.2. The summed E-state index contributed by atoms with van der Waals surface area (Å²) >= 11 is 5.68. The Bertz CT molecular complexity index is 958. The topological polar surface area (TPSA) is 45.7 Å². The maximum absolute atomic E-state index is 13.1. The van der Waals surface area contributed by atoms with E-state index in [2.05, 4.69) is 9.88 Å². The summed E-state index contributed by atoms with van der Waals surface area (Å²) in [5, 5.41) is -0.322. The van der Waals surface area contributed by atoms with Crippen LogP contribution in [0.5, 0.6) is 5.75 Å². The Morgan fingerprint density at radius 2 is 1.71 bits per heavy atom. The van der Waals surface area contributed by atoms with Gasteiger partial charge in [-0.1, -0.05) is 17.7 Å². The van der Waals surface area contributed by atoms with Crippen LogP contribution in [0.15, 0.2) is 42.7 Å². The Morgan fingerprint density at radius 3 is 2.35 bits per heavy atom. The number of carbonyl (C=O) groups is 1. The van der Waals surface area contributed by atoms with Gasteiger partial charge in [0, 0.05) is 51.0 Å². The molecule has 34 heavy (non-hydrogen) atoms. The molecule has 0 N–H and O–H groups in total. The predicted octanol–water partition coefficient (Wildman–Crippen LogP) is 5.22. The number of amides is 1. The summed E-state index contributed by atoms with van der Waals surface area (Å²) in [5.74, 6) is 0.847. The smallest absolute Gasteiger partial charge is 0.417 e. The van der Waals surface area contributed by atoms with E-state index in [1.54, 1.807) is 18.5 Å². The van der Waals surface area contributed by atoms with Crippen LogP contribution in [-0.4, -0.2) is 59.0 Å². The Labute approximate surface area is 202 Å². The summed E-state index contributed by atoms with van der Waals surface area (Å²) in [7, 11) is 0. The maximum atomic E-state index is 13.1. The lowest BCUT2D eigenvalue weighted by atomic mass is 9.98. The number of hydrogen-bond acceptors (Lipinski definition) is 4. The number of aromatic nitrogens is 1. The molecule has 2 saturated heterocycles. The zero-order valence-electron chi connectivity index (χ0n) is 18.9. The Balaban J connectivity index is 1.19. The van der Waals surface area contributed by atoms with Crippen molar-refractivity contribution in [3.63, 3.8) is 0 Å². The normalized spacial score (nSPS) is 18.8. The van der Waals surface area contributed by atoms with Crippen LogP contribution in [0.4, 0.5) is 13.2 Å². The highest BCUT2D eigenvalue weighted by Crippen LogP contribution is 2.35. The average molecular weight is 496 g/mol. The molecule has 0 aliphatic carbocycles. The molecule has 4 rings (SSSR count). The van der Waals surface area contributed by atoms with Crippen molar-refractivity contribution in [2.45, 2.75) is 56.8 Å². The highest BCUT2D eigenvalue weighted by atomic mass is 35.5. The molecule has 9 heteroatoms. The molecule has 0 saturated carbocycles. The summed E-state index contributed by atoms with van der Waals surface area (Å²) in [4.78, 5) is 21.0. The maximum Gasteiger partial charge on any atom is 0.417 e. The van der Waals surface area contributed by atoms with Gasteiger partial charge < -0.3 is 9.64 Å². The quantitative estimate of drug-likeness (QED) is 0.551. The molecule has 1 amide bonds. The van der Waals surface area contributed by atoms with Gasteiger partial charge >= 0.3 is 6.18 Å². The number of pyridine rings is 1. The number of rotatable bonds is 6. The second-order valence-electron chi connectivity index (χ2n) is 8.96. The van der Waals surface area contributed by atoms with Gasteiger partial charge in [-0.25, -0.2) is 0 Å². The molecular weight excluding hydrogens is 467 g/mol. The van der Waals surface area contributed by atoms with Gasteiger partial charge in [-0.3, -0.25) is 14.7 Å². The van der Waals surface area contributed by atoms with Crippen molar-refractivity contribution in [2.75, 3.05) is 26.2 Å². The van der Waals surface area contributed by atoms with Crippen molar-refractivity contribution in [3.05, 3.63) is 58.9 Å². The molecular formula is C25H29ClF3N3O2. The summed E-state index contributed by atoms with van der Waals surface area (Å²) in [5.41, 5.74) is -0.383. The molecule has 1 aromatic carbocycles. The minimum Gasteiger partial charge on any atom is -0.490 e. The molecule has 2 aliphatic heterocycles. The van der Waals surface area contributed by atoms with Crippen molar-refractivity contribution in [2.24, 2.45) is 0 Å². The van der Waals surface area contributed by atoms with E-state index in [0.717, 1.165) is 50.6 Å². The first kappa shape index (κ1) is 24.8. The lowest BCUT2D eigenvalue weighted by Crippen LogP contribution is -2.50. The zero-order chi connectivity index (χ0) is 24.1. The number of benzene rings is 1. The van der Waals surface area contributed by atoms with E-state index < -0.39 is 11.7 Å². The lowest BCUT2D eigenvalue weighted by molar-refractivity contribution is -0.137. The molecule has 2 aliphatic rings. The minimum atomic E-state index is -4.50. The second-order valence-corrected chi connectivity index (χ2v) is 9.37. The molecule has 2 fully saturated rings. The van der Waals surface area contributed by atoms with Crippen LogP contribution < -0.4 is 4.74 Å². The number of halogens is 4. The van der Waals surface area contributed by atoms with Gasteiger partial charge in [-0.05, 0) is 61.9 Å². The third-order valence-corrected chi connectivity index (χ3v) is 7.06. The molecule has 0 spiro atoms. The van der Waals surface area contributed by atoms with Gasteiger partial charge in [0.05, 0.1) is 10.6 Å². The van der Waals surface area contributed by atoms with Gasteiger partial charge in [-0.15, -0.1) is 0 Å². The molecule has 2 aromatic rings. The fourth-order valence-corrected chi connectivity index (χ4v) is 5.03. The van der Waals surface area contributed by atoms with Crippen LogP contribution in [-0.2, 0) is 17.4 Å². The van der Waals surface area contributed by atoms with Crippen LogP contribution >= 0.6 is 11.6 Å².